The topological polar surface area (TPSA) is 54.5 Å². The summed E-state index contributed by atoms with van der Waals surface area (Å²) in [7, 11) is 0. The van der Waals surface area contributed by atoms with Gasteiger partial charge in [0.25, 0.3) is 5.91 Å². The number of furan rings is 1. The summed E-state index contributed by atoms with van der Waals surface area (Å²) >= 11 is 0. The second kappa shape index (κ2) is 5.49. The number of hydrogen-bond donors (Lipinski definition) is 0. The van der Waals surface area contributed by atoms with Crippen LogP contribution in [0.3, 0.4) is 0 Å². The number of likely N-dealkylation sites (tertiary alicyclic amines) is 1. The second-order valence-corrected chi connectivity index (χ2v) is 6.84. The number of nitrogens with zero attached hydrogens (tertiary/aromatic N) is 4. The van der Waals surface area contributed by atoms with Crippen LogP contribution >= 0.6 is 0 Å². The minimum absolute atomic E-state index is 0.0435. The largest absolute Gasteiger partial charge is 0.459 e. The Balaban J connectivity index is 1.60. The molecule has 1 atom stereocenters. The van der Waals surface area contributed by atoms with Gasteiger partial charge in [-0.05, 0) is 49.7 Å². The number of carbonyl (C=O) groups excluding carboxylic acids is 1. The van der Waals surface area contributed by atoms with Crippen LogP contribution in [-0.2, 0) is 5.54 Å². The van der Waals surface area contributed by atoms with E-state index in [1.54, 1.807) is 18.4 Å². The quantitative estimate of drug-likeness (QED) is 0.714. The molecule has 0 saturated carbocycles. The Morgan fingerprint density at radius 2 is 2.19 bits per heavy atom. The predicted octanol–water partition coefficient (Wildman–Crippen LogP) is 3.05. The van der Waals surface area contributed by atoms with Crippen molar-refractivity contribution in [1.29, 1.82) is 0 Å². The average Bonchev–Trinajstić information content (AvgIpc) is 3.42. The molecule has 5 heterocycles. The van der Waals surface area contributed by atoms with Crippen molar-refractivity contribution < 1.29 is 9.21 Å². The van der Waals surface area contributed by atoms with Gasteiger partial charge in [0.2, 0.25) is 0 Å². The van der Waals surface area contributed by atoms with Crippen LogP contribution in [0.5, 0.6) is 0 Å². The highest BCUT2D eigenvalue weighted by Crippen LogP contribution is 2.46. The van der Waals surface area contributed by atoms with Gasteiger partial charge in [-0.1, -0.05) is 0 Å². The number of anilines is 1. The fourth-order valence-corrected chi connectivity index (χ4v) is 4.52. The number of rotatable bonds is 2. The van der Waals surface area contributed by atoms with Gasteiger partial charge in [0.1, 0.15) is 5.54 Å². The molecule has 1 saturated heterocycles. The first kappa shape index (κ1) is 15.3. The highest BCUT2D eigenvalue weighted by molar-refractivity contribution is 5.92. The highest BCUT2D eigenvalue weighted by Gasteiger charge is 2.50. The molecule has 0 radical (unpaired) electrons. The van der Waals surface area contributed by atoms with Crippen LogP contribution in [-0.4, -0.2) is 40.0 Å². The van der Waals surface area contributed by atoms with Gasteiger partial charge in [0.15, 0.2) is 11.6 Å². The highest BCUT2D eigenvalue weighted by atomic mass is 16.3. The third-order valence-corrected chi connectivity index (χ3v) is 5.61. The van der Waals surface area contributed by atoms with Gasteiger partial charge >= 0.3 is 0 Å². The number of pyridine rings is 1. The van der Waals surface area contributed by atoms with Crippen LogP contribution in [0.2, 0.25) is 0 Å². The van der Waals surface area contributed by atoms with Gasteiger partial charge in [0, 0.05) is 25.5 Å². The molecule has 0 aromatic carbocycles. The van der Waals surface area contributed by atoms with Crippen molar-refractivity contribution in [3.63, 3.8) is 0 Å². The number of amides is 1. The summed E-state index contributed by atoms with van der Waals surface area (Å²) in [6.45, 7) is 4.36. The molecule has 1 spiro atoms. The number of fused-ring (bicyclic) bond motifs is 4. The van der Waals surface area contributed by atoms with E-state index in [9.17, 15) is 4.79 Å². The van der Waals surface area contributed by atoms with Gasteiger partial charge in [0.05, 0.1) is 24.2 Å². The van der Waals surface area contributed by atoms with Gasteiger partial charge < -0.3 is 18.8 Å². The Bertz CT molecular complexity index is 962. The maximum Gasteiger partial charge on any atom is 0.289 e. The van der Waals surface area contributed by atoms with Crippen LogP contribution in [0.15, 0.2) is 59.5 Å². The molecule has 132 valence electrons. The van der Waals surface area contributed by atoms with Crippen LogP contribution in [0.1, 0.15) is 29.6 Å². The minimum Gasteiger partial charge on any atom is -0.459 e. The first-order valence-corrected chi connectivity index (χ1v) is 8.98. The van der Waals surface area contributed by atoms with E-state index in [1.807, 2.05) is 17.2 Å². The molecule has 1 amide bonds. The molecule has 2 aliphatic heterocycles. The lowest BCUT2D eigenvalue weighted by Gasteiger charge is -2.46. The van der Waals surface area contributed by atoms with Crippen molar-refractivity contribution in [1.82, 2.24) is 14.5 Å². The van der Waals surface area contributed by atoms with E-state index in [1.165, 1.54) is 5.69 Å². The summed E-state index contributed by atoms with van der Waals surface area (Å²) in [4.78, 5) is 21.7. The molecule has 26 heavy (non-hydrogen) atoms. The molecule has 6 heteroatoms. The molecule has 1 fully saturated rings. The van der Waals surface area contributed by atoms with Gasteiger partial charge in [-0.25, -0.2) is 4.98 Å². The molecule has 1 unspecified atom stereocenters. The van der Waals surface area contributed by atoms with Crippen LogP contribution < -0.4 is 4.90 Å². The standard InChI is InChI=1S/C20H20N4O2/c1-2-24-15-6-3-10-21-18(15)23-11-4-8-17(23)20(24)9-12-22(14-20)19(25)16-7-5-13-26-16/h3-8,10-11,13H,2,9,12,14H2,1H3. The Morgan fingerprint density at radius 3 is 3.00 bits per heavy atom. The fourth-order valence-electron chi connectivity index (χ4n) is 4.52. The number of carbonyl (C=O) groups is 1. The average molecular weight is 348 g/mol. The molecule has 0 aliphatic carbocycles. The molecule has 2 aliphatic rings. The Morgan fingerprint density at radius 1 is 1.27 bits per heavy atom. The number of aromatic nitrogens is 2. The molecule has 0 bridgehead atoms. The summed E-state index contributed by atoms with van der Waals surface area (Å²) in [6.07, 6.45) is 6.32. The third kappa shape index (κ3) is 1.92. The predicted molar refractivity (Wildman–Crippen MR) is 97.5 cm³/mol. The Kier molecular flexibility index (Phi) is 3.22. The van der Waals surface area contributed by atoms with E-state index in [4.69, 9.17) is 4.42 Å². The van der Waals surface area contributed by atoms with Gasteiger partial charge in [-0.3, -0.25) is 4.79 Å². The van der Waals surface area contributed by atoms with Crippen molar-refractivity contribution in [3.8, 4) is 5.82 Å². The SMILES string of the molecule is CCN1c2cccnc2-n2cccc2C12CCN(C(=O)c1ccco1)C2. The zero-order valence-corrected chi connectivity index (χ0v) is 14.6. The third-order valence-electron chi connectivity index (χ3n) is 5.61. The molecular formula is C20H20N4O2. The molecule has 5 rings (SSSR count). The normalized spacial score (nSPS) is 21.1. The number of likely N-dealkylation sites (N-methyl/N-ethyl adjacent to an activating group) is 1. The molecule has 3 aromatic rings. The maximum atomic E-state index is 12.8. The van der Waals surface area contributed by atoms with E-state index < -0.39 is 0 Å². The summed E-state index contributed by atoms with van der Waals surface area (Å²) in [5, 5.41) is 0. The Hall–Kier alpha value is -3.02. The Labute approximate surface area is 151 Å². The lowest BCUT2D eigenvalue weighted by Crippen LogP contribution is -2.52. The first-order chi connectivity index (χ1) is 12.7. The lowest BCUT2D eigenvalue weighted by molar-refractivity contribution is 0.0750. The van der Waals surface area contributed by atoms with Crippen molar-refractivity contribution in [2.75, 3.05) is 24.5 Å². The number of hydrogen-bond acceptors (Lipinski definition) is 4. The minimum atomic E-state index is -0.240. The van der Waals surface area contributed by atoms with Crippen LogP contribution in [0.4, 0.5) is 5.69 Å². The summed E-state index contributed by atoms with van der Waals surface area (Å²) in [5.41, 5.74) is 2.07. The van der Waals surface area contributed by atoms with Crippen molar-refractivity contribution >= 4 is 11.6 Å². The zero-order valence-electron chi connectivity index (χ0n) is 14.6. The molecule has 6 nitrogen and oxygen atoms in total. The van der Waals surface area contributed by atoms with E-state index >= 15 is 0 Å². The first-order valence-electron chi connectivity index (χ1n) is 8.98. The molecule has 3 aromatic heterocycles. The van der Waals surface area contributed by atoms with E-state index in [-0.39, 0.29) is 11.4 Å². The maximum absolute atomic E-state index is 12.8. The second-order valence-electron chi connectivity index (χ2n) is 6.84. The van der Waals surface area contributed by atoms with Crippen LogP contribution in [0, 0.1) is 0 Å². The van der Waals surface area contributed by atoms with E-state index in [0.717, 1.165) is 24.5 Å². The van der Waals surface area contributed by atoms with Crippen molar-refractivity contribution in [3.05, 3.63) is 66.5 Å². The van der Waals surface area contributed by atoms with Gasteiger partial charge in [-0.2, -0.15) is 0 Å². The van der Waals surface area contributed by atoms with E-state index in [0.29, 0.717) is 18.8 Å². The molecule has 0 N–H and O–H groups in total. The van der Waals surface area contributed by atoms with E-state index in [2.05, 4.69) is 45.8 Å². The summed E-state index contributed by atoms with van der Waals surface area (Å²) in [5.74, 6) is 1.31. The smallest absolute Gasteiger partial charge is 0.289 e. The van der Waals surface area contributed by atoms with Gasteiger partial charge in [-0.15, -0.1) is 0 Å². The summed E-state index contributed by atoms with van der Waals surface area (Å²) < 4.78 is 7.50. The lowest BCUT2D eigenvalue weighted by atomic mass is 9.89. The van der Waals surface area contributed by atoms with Crippen molar-refractivity contribution in [2.45, 2.75) is 18.9 Å². The van der Waals surface area contributed by atoms with Crippen LogP contribution in [0.25, 0.3) is 5.82 Å². The van der Waals surface area contributed by atoms with Crippen molar-refractivity contribution in [2.24, 2.45) is 0 Å². The molecular weight excluding hydrogens is 328 g/mol. The zero-order chi connectivity index (χ0) is 17.7. The fraction of sp³-hybridized carbons (Fsp3) is 0.300. The summed E-state index contributed by atoms with van der Waals surface area (Å²) in [6, 6.07) is 11.8. The monoisotopic (exact) mass is 348 g/mol.